The third kappa shape index (κ3) is 3.74. The second-order valence-corrected chi connectivity index (χ2v) is 4.52. The van der Waals surface area contributed by atoms with Crippen molar-refractivity contribution < 1.29 is 13.5 Å². The molecule has 1 unspecified atom stereocenters. The molecule has 1 atom stereocenters. The van der Waals surface area contributed by atoms with E-state index in [4.69, 9.17) is 4.74 Å². The highest BCUT2D eigenvalue weighted by Gasteiger charge is 2.18. The second kappa shape index (κ2) is 6.80. The summed E-state index contributed by atoms with van der Waals surface area (Å²) in [5, 5.41) is 3.36. The lowest BCUT2D eigenvalue weighted by Crippen LogP contribution is -2.29. The molecule has 1 fully saturated rings. The number of aromatic nitrogens is 2. The van der Waals surface area contributed by atoms with E-state index in [1.807, 2.05) is 10.8 Å². The molecule has 0 aromatic carbocycles. The molecular weight excluding hydrogens is 240 g/mol. The van der Waals surface area contributed by atoms with Crippen LogP contribution in [0.3, 0.4) is 0 Å². The van der Waals surface area contributed by atoms with Crippen LogP contribution in [0.2, 0.25) is 0 Å². The van der Waals surface area contributed by atoms with Crippen LogP contribution in [-0.2, 0) is 11.3 Å². The first-order valence-corrected chi connectivity index (χ1v) is 6.34. The van der Waals surface area contributed by atoms with E-state index in [0.717, 1.165) is 25.9 Å². The molecule has 2 heterocycles. The minimum Gasteiger partial charge on any atom is -0.374 e. The maximum atomic E-state index is 11.9. The summed E-state index contributed by atoms with van der Waals surface area (Å²) in [6.45, 7) is 2.42. The highest BCUT2D eigenvalue weighted by atomic mass is 19.3. The number of piperidine rings is 1. The van der Waals surface area contributed by atoms with Gasteiger partial charge in [0, 0.05) is 30.9 Å². The molecule has 18 heavy (non-hydrogen) atoms. The van der Waals surface area contributed by atoms with Crippen LogP contribution >= 0.6 is 0 Å². The number of halogens is 2. The van der Waals surface area contributed by atoms with E-state index >= 15 is 0 Å². The van der Waals surface area contributed by atoms with Gasteiger partial charge in [-0.2, -0.15) is 0 Å². The van der Waals surface area contributed by atoms with Gasteiger partial charge in [0.2, 0.25) is 0 Å². The second-order valence-electron chi connectivity index (χ2n) is 4.52. The Morgan fingerprint density at radius 3 is 3.17 bits per heavy atom. The Balaban J connectivity index is 1.83. The Bertz CT molecular complexity index is 351. The summed E-state index contributed by atoms with van der Waals surface area (Å²) in [5.41, 5.74) is 1.17. The Hall–Kier alpha value is -1.01. The summed E-state index contributed by atoms with van der Waals surface area (Å²) in [7, 11) is 0. The van der Waals surface area contributed by atoms with E-state index in [0.29, 0.717) is 19.1 Å². The summed E-state index contributed by atoms with van der Waals surface area (Å²) in [6, 6.07) is 0. The minimum absolute atomic E-state index is 0.299. The lowest BCUT2D eigenvalue weighted by Gasteiger charge is -2.23. The fourth-order valence-electron chi connectivity index (χ4n) is 2.30. The van der Waals surface area contributed by atoms with Gasteiger partial charge in [0.25, 0.3) is 6.43 Å². The van der Waals surface area contributed by atoms with Gasteiger partial charge in [-0.1, -0.05) is 0 Å². The van der Waals surface area contributed by atoms with Crippen molar-refractivity contribution in [3.63, 3.8) is 0 Å². The van der Waals surface area contributed by atoms with Gasteiger partial charge in [-0.25, -0.2) is 13.8 Å². The van der Waals surface area contributed by atoms with Crippen molar-refractivity contribution >= 4 is 0 Å². The quantitative estimate of drug-likeness (QED) is 0.789. The van der Waals surface area contributed by atoms with Crippen molar-refractivity contribution in [2.24, 2.45) is 0 Å². The Morgan fingerprint density at radius 1 is 1.56 bits per heavy atom. The number of alkyl halides is 2. The molecule has 0 spiro atoms. The average Bonchev–Trinajstić information content (AvgIpc) is 2.84. The van der Waals surface area contributed by atoms with E-state index in [-0.39, 0.29) is 0 Å². The molecular formula is C12H19F2N3O. The molecule has 1 aliphatic heterocycles. The van der Waals surface area contributed by atoms with Crippen molar-refractivity contribution in [1.82, 2.24) is 14.9 Å². The smallest absolute Gasteiger partial charge is 0.261 e. The van der Waals surface area contributed by atoms with Crippen LogP contribution in [0.25, 0.3) is 0 Å². The molecule has 1 aliphatic rings. The van der Waals surface area contributed by atoms with Gasteiger partial charge >= 0.3 is 0 Å². The first-order valence-electron chi connectivity index (χ1n) is 6.34. The fraction of sp³-hybridized carbons (Fsp3) is 0.750. The molecule has 102 valence electrons. The van der Waals surface area contributed by atoms with Gasteiger partial charge in [0.15, 0.2) is 0 Å². The molecule has 1 saturated heterocycles. The standard InChI is InChI=1S/C12H19F2N3O/c13-12(14)8-18-5-4-17-9-16-7-11(17)10-2-1-3-15-6-10/h7,9-10,12,15H,1-6,8H2. The Morgan fingerprint density at radius 2 is 2.44 bits per heavy atom. The lowest BCUT2D eigenvalue weighted by atomic mass is 9.96. The van der Waals surface area contributed by atoms with E-state index < -0.39 is 13.0 Å². The number of rotatable bonds is 6. The highest BCUT2D eigenvalue weighted by Crippen LogP contribution is 2.22. The number of hydrogen-bond donors (Lipinski definition) is 1. The summed E-state index contributed by atoms with van der Waals surface area (Å²) in [4.78, 5) is 4.14. The zero-order valence-electron chi connectivity index (χ0n) is 10.3. The monoisotopic (exact) mass is 259 g/mol. The zero-order valence-corrected chi connectivity index (χ0v) is 10.3. The number of nitrogens with one attached hydrogen (secondary N) is 1. The predicted octanol–water partition coefficient (Wildman–Crippen LogP) is 1.63. The van der Waals surface area contributed by atoms with Crippen LogP contribution in [0.5, 0.6) is 0 Å². The van der Waals surface area contributed by atoms with E-state index in [2.05, 4.69) is 10.3 Å². The van der Waals surface area contributed by atoms with E-state index in [1.54, 1.807) is 6.33 Å². The Labute approximate surface area is 105 Å². The number of imidazole rings is 1. The largest absolute Gasteiger partial charge is 0.374 e. The molecule has 0 saturated carbocycles. The predicted molar refractivity (Wildman–Crippen MR) is 63.9 cm³/mol. The number of ether oxygens (including phenoxy) is 1. The maximum Gasteiger partial charge on any atom is 0.261 e. The van der Waals surface area contributed by atoms with E-state index in [1.165, 1.54) is 5.69 Å². The maximum absolute atomic E-state index is 11.9. The molecule has 2 rings (SSSR count). The third-order valence-electron chi connectivity index (χ3n) is 3.18. The van der Waals surface area contributed by atoms with E-state index in [9.17, 15) is 8.78 Å². The van der Waals surface area contributed by atoms with Gasteiger partial charge < -0.3 is 14.6 Å². The summed E-state index contributed by atoms with van der Waals surface area (Å²) < 4.78 is 30.7. The van der Waals surface area contributed by atoms with Gasteiger partial charge in [0.05, 0.1) is 12.9 Å². The van der Waals surface area contributed by atoms with Crippen LogP contribution in [0.1, 0.15) is 24.5 Å². The number of nitrogens with zero attached hydrogens (tertiary/aromatic N) is 2. The van der Waals surface area contributed by atoms with Crippen molar-refractivity contribution in [2.45, 2.75) is 31.7 Å². The van der Waals surface area contributed by atoms with Gasteiger partial charge in [-0.3, -0.25) is 0 Å². The van der Waals surface area contributed by atoms with Crippen LogP contribution in [0, 0.1) is 0 Å². The van der Waals surface area contributed by atoms with Gasteiger partial charge in [-0.05, 0) is 19.4 Å². The normalized spacial score (nSPS) is 20.5. The lowest BCUT2D eigenvalue weighted by molar-refractivity contribution is 0.0145. The fourth-order valence-corrected chi connectivity index (χ4v) is 2.30. The molecule has 6 heteroatoms. The Kier molecular flexibility index (Phi) is 5.07. The molecule has 1 N–H and O–H groups in total. The SMILES string of the molecule is FC(F)COCCn1cncc1C1CCCNC1. The molecule has 1 aromatic rings. The van der Waals surface area contributed by atoms with Crippen molar-refractivity contribution in [2.75, 3.05) is 26.3 Å². The first kappa shape index (κ1) is 13.4. The van der Waals surface area contributed by atoms with Crippen molar-refractivity contribution in [3.8, 4) is 0 Å². The van der Waals surface area contributed by atoms with Gasteiger partial charge in [0.1, 0.15) is 6.61 Å². The molecule has 4 nitrogen and oxygen atoms in total. The molecule has 0 radical (unpaired) electrons. The first-order chi connectivity index (χ1) is 8.77. The molecule has 0 amide bonds. The summed E-state index contributed by atoms with van der Waals surface area (Å²) in [5.74, 6) is 0.469. The van der Waals surface area contributed by atoms with Crippen LogP contribution in [-0.4, -0.2) is 42.3 Å². The van der Waals surface area contributed by atoms with Crippen molar-refractivity contribution in [1.29, 1.82) is 0 Å². The topological polar surface area (TPSA) is 39.1 Å². The summed E-state index contributed by atoms with van der Waals surface area (Å²) >= 11 is 0. The number of hydrogen-bond acceptors (Lipinski definition) is 3. The van der Waals surface area contributed by atoms with Crippen LogP contribution in [0.4, 0.5) is 8.78 Å². The minimum atomic E-state index is -2.39. The van der Waals surface area contributed by atoms with Crippen molar-refractivity contribution in [3.05, 3.63) is 18.2 Å². The molecule has 0 bridgehead atoms. The molecule has 0 aliphatic carbocycles. The average molecular weight is 259 g/mol. The highest BCUT2D eigenvalue weighted by molar-refractivity contribution is 5.08. The summed E-state index contributed by atoms with van der Waals surface area (Å²) in [6.07, 6.45) is 3.53. The third-order valence-corrected chi connectivity index (χ3v) is 3.18. The zero-order chi connectivity index (χ0) is 12.8. The van der Waals surface area contributed by atoms with Crippen LogP contribution < -0.4 is 5.32 Å². The van der Waals surface area contributed by atoms with Crippen LogP contribution in [0.15, 0.2) is 12.5 Å². The molecule has 1 aromatic heterocycles. The van der Waals surface area contributed by atoms with Gasteiger partial charge in [-0.15, -0.1) is 0 Å².